The molecule has 0 saturated heterocycles. The van der Waals surface area contributed by atoms with Crippen LogP contribution in [0.4, 0.5) is 0 Å². The third kappa shape index (κ3) is 1.62. The van der Waals surface area contributed by atoms with E-state index in [2.05, 4.69) is 4.98 Å². The van der Waals surface area contributed by atoms with Gasteiger partial charge in [-0.05, 0) is 50.7 Å². The predicted molar refractivity (Wildman–Crippen MR) is 74.6 cm³/mol. The molecule has 0 radical (unpaired) electrons. The molecule has 3 aliphatic carbocycles. The van der Waals surface area contributed by atoms with Gasteiger partial charge in [-0.15, -0.1) is 0 Å². The third-order valence-electron chi connectivity index (χ3n) is 5.11. The fraction of sp³-hybridized carbons (Fsp3) is 0.471. The monoisotopic (exact) mass is 267 g/mol. The van der Waals surface area contributed by atoms with Crippen LogP contribution < -0.4 is 0 Å². The molecule has 0 spiro atoms. The van der Waals surface area contributed by atoms with Crippen molar-refractivity contribution in [3.05, 3.63) is 40.7 Å². The maximum absolute atomic E-state index is 12.7. The topological polar surface area (TPSA) is 47.0 Å². The van der Waals surface area contributed by atoms with Gasteiger partial charge in [0.05, 0.1) is 0 Å². The fourth-order valence-corrected chi connectivity index (χ4v) is 4.07. The molecule has 0 aliphatic heterocycles. The number of ketones is 2. The van der Waals surface area contributed by atoms with Crippen LogP contribution in [0.1, 0.15) is 59.4 Å². The summed E-state index contributed by atoms with van der Waals surface area (Å²) in [6.45, 7) is 0. The van der Waals surface area contributed by atoms with Gasteiger partial charge in [-0.25, -0.2) is 0 Å². The van der Waals surface area contributed by atoms with Crippen molar-refractivity contribution in [2.24, 2.45) is 11.8 Å². The van der Waals surface area contributed by atoms with E-state index in [0.717, 1.165) is 25.7 Å². The quantitative estimate of drug-likeness (QED) is 0.677. The molecule has 0 fully saturated rings. The maximum Gasteiger partial charge on any atom is 0.186 e. The van der Waals surface area contributed by atoms with E-state index >= 15 is 0 Å². The van der Waals surface area contributed by atoms with Gasteiger partial charge in [0.1, 0.15) is 5.69 Å². The first-order valence-corrected chi connectivity index (χ1v) is 7.49. The van der Waals surface area contributed by atoms with Crippen molar-refractivity contribution in [3.8, 4) is 0 Å². The Labute approximate surface area is 118 Å². The van der Waals surface area contributed by atoms with E-state index in [1.807, 2.05) is 0 Å². The van der Waals surface area contributed by atoms with E-state index in [9.17, 15) is 9.59 Å². The Morgan fingerprint density at radius 2 is 1.60 bits per heavy atom. The smallest absolute Gasteiger partial charge is 0.186 e. The van der Waals surface area contributed by atoms with Crippen LogP contribution in [0.5, 0.6) is 0 Å². The van der Waals surface area contributed by atoms with Gasteiger partial charge in [-0.1, -0.05) is 11.1 Å². The number of aromatic nitrogens is 1. The van der Waals surface area contributed by atoms with E-state index in [-0.39, 0.29) is 23.4 Å². The number of carbonyl (C=O) groups excluding carboxylic acids is 2. The highest BCUT2D eigenvalue weighted by Crippen LogP contribution is 2.45. The lowest BCUT2D eigenvalue weighted by Gasteiger charge is -2.37. The second kappa shape index (κ2) is 4.37. The lowest BCUT2D eigenvalue weighted by Crippen LogP contribution is -2.40. The lowest BCUT2D eigenvalue weighted by molar-refractivity contribution is 0.0712. The second-order valence-corrected chi connectivity index (χ2v) is 6.16. The Morgan fingerprint density at radius 1 is 0.950 bits per heavy atom. The molecule has 102 valence electrons. The summed E-state index contributed by atoms with van der Waals surface area (Å²) in [6.07, 6.45) is 7.91. The Bertz CT molecular complexity index is 589. The third-order valence-corrected chi connectivity index (χ3v) is 5.11. The first kappa shape index (κ1) is 12.0. The standard InChI is InChI=1S/C17H17NO2/c19-16-12-6-3-7-18-15(12)17(20)14-9-11-5-2-1-4-10(11)8-13(14)16/h3,6-7,13-14H,1-2,4-5,8-9H2. The summed E-state index contributed by atoms with van der Waals surface area (Å²) >= 11 is 0. The number of fused-ring (bicyclic) bond motifs is 2. The Kier molecular flexibility index (Phi) is 2.62. The number of hydrogen-bond acceptors (Lipinski definition) is 3. The van der Waals surface area contributed by atoms with Crippen LogP contribution in [0.25, 0.3) is 0 Å². The van der Waals surface area contributed by atoms with Gasteiger partial charge in [0.2, 0.25) is 0 Å². The molecule has 1 heterocycles. The van der Waals surface area contributed by atoms with Crippen molar-refractivity contribution in [1.82, 2.24) is 4.98 Å². The number of hydrogen-bond donors (Lipinski definition) is 0. The van der Waals surface area contributed by atoms with Crippen molar-refractivity contribution < 1.29 is 9.59 Å². The van der Waals surface area contributed by atoms with Crippen LogP contribution >= 0.6 is 0 Å². The summed E-state index contributed by atoms with van der Waals surface area (Å²) < 4.78 is 0. The van der Waals surface area contributed by atoms with Crippen molar-refractivity contribution in [1.29, 1.82) is 0 Å². The predicted octanol–water partition coefficient (Wildman–Crippen LogP) is 3.36. The molecular formula is C17H17NO2. The van der Waals surface area contributed by atoms with Crippen LogP contribution in [0, 0.1) is 11.8 Å². The summed E-state index contributed by atoms with van der Waals surface area (Å²) in [5.41, 5.74) is 3.86. The molecule has 2 unspecified atom stereocenters. The first-order valence-electron chi connectivity index (χ1n) is 7.49. The van der Waals surface area contributed by atoms with Crippen molar-refractivity contribution >= 4 is 11.6 Å². The minimum absolute atomic E-state index is 0.0855. The highest BCUT2D eigenvalue weighted by molar-refractivity contribution is 6.15. The zero-order valence-electron chi connectivity index (χ0n) is 11.4. The summed E-state index contributed by atoms with van der Waals surface area (Å²) in [5, 5.41) is 0. The molecule has 2 atom stereocenters. The Morgan fingerprint density at radius 3 is 2.30 bits per heavy atom. The highest BCUT2D eigenvalue weighted by Gasteiger charge is 2.45. The number of carbonyl (C=O) groups is 2. The molecule has 3 heteroatoms. The van der Waals surface area contributed by atoms with Crippen LogP contribution in [-0.4, -0.2) is 16.6 Å². The zero-order chi connectivity index (χ0) is 13.7. The average Bonchev–Trinajstić information content (AvgIpc) is 2.51. The number of pyridine rings is 1. The number of nitrogens with zero attached hydrogens (tertiary/aromatic N) is 1. The first-order chi connectivity index (χ1) is 9.75. The Balaban J connectivity index is 1.78. The number of allylic oxidation sites excluding steroid dienone is 2. The molecule has 4 rings (SSSR count). The summed E-state index contributed by atoms with van der Waals surface area (Å²) in [6, 6.07) is 3.50. The molecule has 0 saturated carbocycles. The summed E-state index contributed by atoms with van der Waals surface area (Å²) in [7, 11) is 0. The van der Waals surface area contributed by atoms with Crippen LogP contribution in [-0.2, 0) is 0 Å². The molecule has 0 bridgehead atoms. The van der Waals surface area contributed by atoms with Gasteiger partial charge < -0.3 is 0 Å². The zero-order valence-corrected chi connectivity index (χ0v) is 11.4. The highest BCUT2D eigenvalue weighted by atomic mass is 16.1. The minimum atomic E-state index is -0.151. The van der Waals surface area contributed by atoms with Gasteiger partial charge in [-0.3, -0.25) is 14.6 Å². The maximum atomic E-state index is 12.7. The van der Waals surface area contributed by atoms with E-state index in [1.165, 1.54) is 24.0 Å². The molecule has 0 amide bonds. The van der Waals surface area contributed by atoms with Crippen molar-refractivity contribution in [2.75, 3.05) is 0 Å². The van der Waals surface area contributed by atoms with Gasteiger partial charge in [0.25, 0.3) is 0 Å². The van der Waals surface area contributed by atoms with E-state index < -0.39 is 0 Å². The fourth-order valence-electron chi connectivity index (χ4n) is 4.07. The molecule has 20 heavy (non-hydrogen) atoms. The van der Waals surface area contributed by atoms with Crippen molar-refractivity contribution in [3.63, 3.8) is 0 Å². The minimum Gasteiger partial charge on any atom is -0.294 e. The molecular weight excluding hydrogens is 250 g/mol. The number of rotatable bonds is 0. The largest absolute Gasteiger partial charge is 0.294 e. The van der Waals surface area contributed by atoms with Crippen LogP contribution in [0.15, 0.2) is 29.5 Å². The molecule has 0 aromatic carbocycles. The van der Waals surface area contributed by atoms with Gasteiger partial charge >= 0.3 is 0 Å². The molecule has 1 aromatic heterocycles. The second-order valence-electron chi connectivity index (χ2n) is 6.16. The Hall–Kier alpha value is -1.77. The summed E-state index contributed by atoms with van der Waals surface area (Å²) in [4.78, 5) is 29.4. The van der Waals surface area contributed by atoms with Crippen molar-refractivity contribution in [2.45, 2.75) is 38.5 Å². The van der Waals surface area contributed by atoms with Crippen LogP contribution in [0.2, 0.25) is 0 Å². The molecule has 3 aliphatic rings. The molecule has 3 nitrogen and oxygen atoms in total. The SMILES string of the molecule is O=C1c2cccnc2C(=O)C2CC3=C(CCCC3)CC12. The van der Waals surface area contributed by atoms with Gasteiger partial charge in [-0.2, -0.15) is 0 Å². The van der Waals surface area contributed by atoms with Crippen LogP contribution in [0.3, 0.4) is 0 Å². The molecule has 1 aromatic rings. The van der Waals surface area contributed by atoms with E-state index in [4.69, 9.17) is 0 Å². The number of Topliss-reactive ketones (excluding diaryl/α,β-unsaturated/α-hetero) is 2. The lowest BCUT2D eigenvalue weighted by atomic mass is 9.65. The van der Waals surface area contributed by atoms with E-state index in [0.29, 0.717) is 11.3 Å². The van der Waals surface area contributed by atoms with Gasteiger partial charge in [0.15, 0.2) is 11.6 Å². The normalized spacial score (nSPS) is 28.8. The summed E-state index contributed by atoms with van der Waals surface area (Å²) in [5.74, 6) is -0.0602. The molecule has 0 N–H and O–H groups in total. The van der Waals surface area contributed by atoms with Gasteiger partial charge in [0, 0.05) is 23.6 Å². The average molecular weight is 267 g/mol. The van der Waals surface area contributed by atoms with E-state index in [1.54, 1.807) is 18.3 Å².